The van der Waals surface area contributed by atoms with E-state index in [4.69, 9.17) is 14.2 Å². The third kappa shape index (κ3) is 3.88. The first-order valence-electron chi connectivity index (χ1n) is 8.38. The highest BCUT2D eigenvalue weighted by molar-refractivity contribution is 7.54. The third-order valence-electron chi connectivity index (χ3n) is 4.32. The fraction of sp³-hybridized carbons (Fsp3) is 0.350. The van der Waals surface area contributed by atoms with Crippen molar-refractivity contribution in [3.05, 3.63) is 47.5 Å². The third-order valence-corrected chi connectivity index (χ3v) is 6.35. The largest absolute Gasteiger partial charge is 0.496 e. The van der Waals surface area contributed by atoms with Gasteiger partial charge in [-0.3, -0.25) is 4.79 Å². The second kappa shape index (κ2) is 8.81. The zero-order valence-electron chi connectivity index (χ0n) is 15.7. The molecule has 5 nitrogen and oxygen atoms in total. The van der Waals surface area contributed by atoms with Gasteiger partial charge in [0.25, 0.3) is 0 Å². The van der Waals surface area contributed by atoms with E-state index in [2.05, 4.69) is 0 Å². The minimum absolute atomic E-state index is 0.0152. The van der Waals surface area contributed by atoms with Crippen LogP contribution in [0.3, 0.4) is 0 Å². The van der Waals surface area contributed by atoms with E-state index in [9.17, 15) is 9.36 Å². The van der Waals surface area contributed by atoms with Crippen LogP contribution in [0, 0.1) is 0 Å². The molecule has 0 saturated carbocycles. The molecule has 138 valence electrons. The molecule has 2 unspecified atom stereocenters. The molecule has 0 aliphatic rings. The van der Waals surface area contributed by atoms with Crippen LogP contribution >= 0.6 is 7.80 Å². The molecule has 0 saturated heterocycles. The van der Waals surface area contributed by atoms with Gasteiger partial charge in [-0.2, -0.15) is 0 Å². The Kier molecular flexibility index (Phi) is 6.76. The first-order chi connectivity index (χ1) is 12.5. The van der Waals surface area contributed by atoms with Crippen molar-refractivity contribution >= 4 is 18.9 Å². The summed E-state index contributed by atoms with van der Waals surface area (Å²) in [5, 5.41) is 0.557. The van der Waals surface area contributed by atoms with Crippen molar-refractivity contribution in [3.63, 3.8) is 0 Å². The lowest BCUT2D eigenvalue weighted by atomic mass is 10.0. The number of carbonyl (C=O) groups excluding carboxylic acids is 1. The van der Waals surface area contributed by atoms with Gasteiger partial charge in [0, 0.05) is 12.1 Å². The minimum Gasteiger partial charge on any atom is -0.496 e. The normalized spacial score (nSPS) is 12.3. The van der Waals surface area contributed by atoms with Gasteiger partial charge < -0.3 is 14.2 Å². The van der Waals surface area contributed by atoms with Gasteiger partial charge in [0.05, 0.1) is 26.9 Å². The molecule has 0 heterocycles. The van der Waals surface area contributed by atoms with Gasteiger partial charge >= 0.3 is 7.80 Å². The van der Waals surface area contributed by atoms with Crippen molar-refractivity contribution in [1.29, 1.82) is 0 Å². The zero-order chi connectivity index (χ0) is 19.3. The van der Waals surface area contributed by atoms with Crippen molar-refractivity contribution in [2.75, 3.05) is 21.3 Å². The van der Waals surface area contributed by atoms with Gasteiger partial charge in [0.1, 0.15) is 22.8 Å². The maximum absolute atomic E-state index is 13.3. The Balaban J connectivity index is 2.63. The lowest BCUT2D eigenvalue weighted by Crippen LogP contribution is -2.17. The van der Waals surface area contributed by atoms with Crippen LogP contribution in [0.1, 0.15) is 36.2 Å². The van der Waals surface area contributed by atoms with Crippen LogP contribution in [0.4, 0.5) is 0 Å². The highest BCUT2D eigenvalue weighted by Gasteiger charge is 2.33. The van der Waals surface area contributed by atoms with Crippen LogP contribution in [0.2, 0.25) is 0 Å². The van der Waals surface area contributed by atoms with Crippen LogP contribution in [0.15, 0.2) is 36.4 Å². The number of hydrogen-bond acceptors (Lipinski definition) is 5. The molecule has 0 bridgehead atoms. The molecular weight excluding hydrogens is 351 g/mol. The molecule has 0 N–H and O–H groups in total. The number of ether oxygens (including phenoxy) is 3. The molecule has 0 aromatic heterocycles. The number of benzene rings is 2. The van der Waals surface area contributed by atoms with Gasteiger partial charge in [0.2, 0.25) is 11.1 Å². The Hall–Kier alpha value is -2.39. The van der Waals surface area contributed by atoms with Crippen molar-refractivity contribution in [2.24, 2.45) is 0 Å². The summed E-state index contributed by atoms with van der Waals surface area (Å²) in [5.41, 5.74) is 0.671. The number of ketones is 1. The Morgan fingerprint density at radius 3 is 2.12 bits per heavy atom. The molecule has 2 aromatic carbocycles. The molecule has 2 aromatic rings. The van der Waals surface area contributed by atoms with Crippen molar-refractivity contribution < 1.29 is 23.6 Å². The number of rotatable bonds is 8. The number of hydrogen-bond donors (Lipinski definition) is 0. The highest BCUT2D eigenvalue weighted by atomic mass is 31.1. The quantitative estimate of drug-likeness (QED) is 0.511. The molecule has 6 heteroatoms. The summed E-state index contributed by atoms with van der Waals surface area (Å²) in [6.45, 7) is 3.91. The van der Waals surface area contributed by atoms with Gasteiger partial charge in [-0.25, -0.2) is 0 Å². The smallest absolute Gasteiger partial charge is 0.380 e. The van der Waals surface area contributed by atoms with E-state index in [0.29, 0.717) is 28.1 Å². The van der Waals surface area contributed by atoms with Crippen LogP contribution in [0.25, 0.3) is 0 Å². The fourth-order valence-electron chi connectivity index (χ4n) is 2.63. The zero-order valence-corrected chi connectivity index (χ0v) is 16.6. The van der Waals surface area contributed by atoms with Crippen LogP contribution in [-0.2, 0) is 4.57 Å². The van der Waals surface area contributed by atoms with Crippen molar-refractivity contribution in [1.82, 2.24) is 0 Å². The summed E-state index contributed by atoms with van der Waals surface area (Å²) in [4.78, 5) is 13.3. The van der Waals surface area contributed by atoms with E-state index >= 15 is 0 Å². The predicted octanol–water partition coefficient (Wildman–Crippen LogP) is 4.19. The van der Waals surface area contributed by atoms with E-state index < -0.39 is 7.80 Å². The number of methoxy groups -OCH3 is 3. The Bertz CT molecular complexity index is 791. The summed E-state index contributed by atoms with van der Waals surface area (Å²) in [6.07, 6.45) is 0.771. The van der Waals surface area contributed by atoms with Crippen LogP contribution in [0.5, 0.6) is 17.2 Å². The minimum atomic E-state index is -1.69. The maximum atomic E-state index is 13.3. The Labute approximate surface area is 155 Å². The lowest BCUT2D eigenvalue weighted by Gasteiger charge is -2.14. The fourth-order valence-corrected chi connectivity index (χ4v) is 4.08. The molecule has 0 aliphatic heterocycles. The van der Waals surface area contributed by atoms with E-state index in [1.54, 1.807) is 36.4 Å². The highest BCUT2D eigenvalue weighted by Crippen LogP contribution is 2.37. The average molecular weight is 375 g/mol. The van der Waals surface area contributed by atoms with Gasteiger partial charge in [-0.05, 0) is 25.5 Å². The summed E-state index contributed by atoms with van der Waals surface area (Å²) < 4.78 is 28.9. The second-order valence-electron chi connectivity index (χ2n) is 5.84. The Morgan fingerprint density at radius 2 is 1.62 bits per heavy atom. The molecule has 2 atom stereocenters. The summed E-state index contributed by atoms with van der Waals surface area (Å²) in [5.74, 6) is 0.928. The van der Waals surface area contributed by atoms with Gasteiger partial charge in [-0.1, -0.05) is 23.6 Å². The molecule has 26 heavy (non-hydrogen) atoms. The van der Waals surface area contributed by atoms with E-state index in [1.165, 1.54) is 21.3 Å². The summed E-state index contributed by atoms with van der Waals surface area (Å²) in [6, 6.07) is 10.3. The molecule has 0 radical (unpaired) electrons. The van der Waals surface area contributed by atoms with Crippen LogP contribution in [-0.4, -0.2) is 32.8 Å². The van der Waals surface area contributed by atoms with E-state index in [0.717, 1.165) is 6.42 Å². The SMILES string of the molecule is CCC(C)[P+](=O)c1ccccc1C(=O)c1c(OC)cc(OC)cc1OC. The first kappa shape index (κ1) is 19.9. The molecule has 0 fully saturated rings. The molecule has 0 amide bonds. The van der Waals surface area contributed by atoms with Gasteiger partial charge in [-0.15, -0.1) is 0 Å². The number of carbonyl (C=O) groups is 1. The van der Waals surface area contributed by atoms with Gasteiger partial charge in [0.15, 0.2) is 5.66 Å². The average Bonchev–Trinajstić information content (AvgIpc) is 2.70. The molecule has 0 spiro atoms. The van der Waals surface area contributed by atoms with E-state index in [1.807, 2.05) is 13.8 Å². The summed E-state index contributed by atoms with van der Waals surface area (Å²) in [7, 11) is 2.80. The van der Waals surface area contributed by atoms with Crippen molar-refractivity contribution in [2.45, 2.75) is 25.9 Å². The molecular formula is C20H24O5P+. The van der Waals surface area contributed by atoms with Crippen LogP contribution < -0.4 is 19.5 Å². The lowest BCUT2D eigenvalue weighted by molar-refractivity contribution is 0.103. The predicted molar refractivity (Wildman–Crippen MR) is 103 cm³/mol. The molecule has 0 aliphatic carbocycles. The first-order valence-corrected chi connectivity index (χ1v) is 9.71. The summed E-state index contributed by atoms with van der Waals surface area (Å²) >= 11 is 0. The Morgan fingerprint density at radius 1 is 1.04 bits per heavy atom. The van der Waals surface area contributed by atoms with E-state index in [-0.39, 0.29) is 17.0 Å². The maximum Gasteiger partial charge on any atom is 0.380 e. The molecule has 2 rings (SSSR count). The second-order valence-corrected chi connectivity index (χ2v) is 7.85. The monoisotopic (exact) mass is 375 g/mol. The van der Waals surface area contributed by atoms with Crippen molar-refractivity contribution in [3.8, 4) is 17.2 Å². The standard InChI is InChI=1S/C20H24O5P/c1-6-13(2)26(22)18-10-8-7-9-15(18)20(21)19-16(24-4)11-14(23-3)12-17(19)25-5/h7-13H,6H2,1-5H3/q+1. The topological polar surface area (TPSA) is 61.8 Å².